The molecule has 1 N–H and O–H groups in total. The zero-order valence-electron chi connectivity index (χ0n) is 14.0. The van der Waals surface area contributed by atoms with Crippen LogP contribution < -0.4 is 5.32 Å². The third-order valence-electron chi connectivity index (χ3n) is 4.33. The van der Waals surface area contributed by atoms with Gasteiger partial charge < -0.3 is 5.32 Å². The summed E-state index contributed by atoms with van der Waals surface area (Å²) < 4.78 is 25.9. The zero-order chi connectivity index (χ0) is 17.7. The molecule has 0 radical (unpaired) electrons. The first-order chi connectivity index (χ1) is 11.3. The molecule has 1 amide bonds. The predicted molar refractivity (Wildman–Crippen MR) is 94.5 cm³/mol. The van der Waals surface area contributed by atoms with Crippen LogP contribution in [0.15, 0.2) is 29.2 Å². The van der Waals surface area contributed by atoms with Gasteiger partial charge >= 0.3 is 0 Å². The molecule has 0 aromatic heterocycles. The number of nitrogens with one attached hydrogen (secondary N) is 1. The quantitative estimate of drug-likeness (QED) is 0.787. The van der Waals surface area contributed by atoms with Gasteiger partial charge in [-0.15, -0.1) is 0 Å². The summed E-state index contributed by atoms with van der Waals surface area (Å²) in [6, 6.07) is 6.24. The van der Waals surface area contributed by atoms with E-state index in [-0.39, 0.29) is 17.3 Å². The number of nitrogens with zero attached hydrogens (tertiary/aromatic N) is 2. The summed E-state index contributed by atoms with van der Waals surface area (Å²) in [4.78, 5) is 14.5. The zero-order valence-corrected chi connectivity index (χ0v) is 15.6. The number of amides is 1. The third kappa shape index (κ3) is 4.69. The highest BCUT2D eigenvalue weighted by atomic mass is 35.5. The summed E-state index contributed by atoms with van der Waals surface area (Å²) in [5.41, 5.74) is 0. The molecule has 6 nitrogen and oxygen atoms in total. The van der Waals surface area contributed by atoms with Crippen molar-refractivity contribution in [3.05, 3.63) is 29.3 Å². The normalized spacial score (nSPS) is 18.9. The second-order valence-electron chi connectivity index (χ2n) is 5.94. The Labute approximate surface area is 148 Å². The molecule has 24 heavy (non-hydrogen) atoms. The van der Waals surface area contributed by atoms with Crippen molar-refractivity contribution in [2.45, 2.75) is 30.7 Å². The Morgan fingerprint density at radius 3 is 2.67 bits per heavy atom. The molecule has 0 spiro atoms. The van der Waals surface area contributed by atoms with Gasteiger partial charge in [0, 0.05) is 24.7 Å². The van der Waals surface area contributed by atoms with Gasteiger partial charge in [0.25, 0.3) is 0 Å². The summed E-state index contributed by atoms with van der Waals surface area (Å²) in [7, 11) is -2.30. The Morgan fingerprint density at radius 2 is 2.04 bits per heavy atom. The minimum Gasteiger partial charge on any atom is -0.353 e. The molecule has 8 heteroatoms. The number of sulfonamides is 1. The molecule has 1 aromatic rings. The van der Waals surface area contributed by atoms with Crippen LogP contribution in [0.3, 0.4) is 0 Å². The van der Waals surface area contributed by atoms with E-state index >= 15 is 0 Å². The molecular formula is C16H24ClN3O3S. The van der Waals surface area contributed by atoms with E-state index in [1.165, 1.54) is 31.3 Å². The number of carbonyl (C=O) groups excluding carboxylic acids is 1. The molecule has 1 aliphatic heterocycles. The summed E-state index contributed by atoms with van der Waals surface area (Å²) in [6.07, 6.45) is 2.20. The molecule has 1 heterocycles. The van der Waals surface area contributed by atoms with E-state index < -0.39 is 10.0 Å². The number of likely N-dealkylation sites (N-methyl/N-ethyl adjacent to an activating group) is 2. The third-order valence-corrected chi connectivity index (χ3v) is 6.40. The van der Waals surface area contributed by atoms with E-state index in [4.69, 9.17) is 11.6 Å². The van der Waals surface area contributed by atoms with Gasteiger partial charge in [-0.2, -0.15) is 4.31 Å². The monoisotopic (exact) mass is 373 g/mol. The molecule has 1 atom stereocenters. The van der Waals surface area contributed by atoms with Crippen molar-refractivity contribution in [2.75, 3.05) is 33.2 Å². The average molecular weight is 374 g/mol. The fourth-order valence-electron chi connectivity index (χ4n) is 2.90. The Bertz CT molecular complexity index is 664. The molecule has 0 saturated carbocycles. The van der Waals surface area contributed by atoms with Gasteiger partial charge in [-0.05, 0) is 50.2 Å². The van der Waals surface area contributed by atoms with Gasteiger partial charge in [0.2, 0.25) is 15.9 Å². The number of hydrogen-bond acceptors (Lipinski definition) is 4. The molecule has 1 fully saturated rings. The summed E-state index contributed by atoms with van der Waals surface area (Å²) in [6.45, 7) is 4.48. The van der Waals surface area contributed by atoms with Crippen LogP contribution in [-0.2, 0) is 14.8 Å². The van der Waals surface area contributed by atoms with E-state index in [2.05, 4.69) is 17.1 Å². The smallest absolute Gasteiger partial charge is 0.243 e. The van der Waals surface area contributed by atoms with Crippen LogP contribution in [0, 0.1) is 0 Å². The van der Waals surface area contributed by atoms with Crippen molar-refractivity contribution in [1.29, 1.82) is 0 Å². The molecule has 1 aromatic carbocycles. The standard InChI is InChI=1S/C16H24ClN3O3S/c1-3-20-10-4-5-14(20)11-18-16(21)12-19(2)24(22,23)15-8-6-13(17)7-9-15/h6-9,14H,3-5,10-12H2,1-2H3,(H,18,21)/t14-/m1/s1. The number of carbonyl (C=O) groups is 1. The maximum atomic E-state index is 12.4. The molecule has 2 rings (SSSR count). The number of rotatable bonds is 7. The van der Waals surface area contributed by atoms with Crippen LogP contribution in [-0.4, -0.2) is 62.8 Å². The molecular weight excluding hydrogens is 350 g/mol. The van der Waals surface area contributed by atoms with E-state index in [9.17, 15) is 13.2 Å². The second kappa shape index (κ2) is 8.29. The van der Waals surface area contributed by atoms with Gasteiger partial charge in [-0.1, -0.05) is 18.5 Å². The fraction of sp³-hybridized carbons (Fsp3) is 0.562. The van der Waals surface area contributed by atoms with Crippen molar-refractivity contribution in [3.8, 4) is 0 Å². The van der Waals surface area contributed by atoms with Gasteiger partial charge in [0.05, 0.1) is 11.4 Å². The van der Waals surface area contributed by atoms with Crippen LogP contribution in [0.4, 0.5) is 0 Å². The largest absolute Gasteiger partial charge is 0.353 e. The van der Waals surface area contributed by atoms with E-state index in [1.807, 2.05) is 0 Å². The van der Waals surface area contributed by atoms with Gasteiger partial charge in [0.15, 0.2) is 0 Å². The van der Waals surface area contributed by atoms with Crippen molar-refractivity contribution >= 4 is 27.5 Å². The van der Waals surface area contributed by atoms with Crippen LogP contribution in [0.2, 0.25) is 5.02 Å². The fourth-order valence-corrected chi connectivity index (χ4v) is 4.16. The first-order valence-electron chi connectivity index (χ1n) is 8.07. The van der Waals surface area contributed by atoms with Gasteiger partial charge in [0.1, 0.15) is 0 Å². The topological polar surface area (TPSA) is 69.7 Å². The molecule has 0 aliphatic carbocycles. The second-order valence-corrected chi connectivity index (χ2v) is 8.43. The Balaban J connectivity index is 1.89. The molecule has 0 unspecified atom stereocenters. The van der Waals surface area contributed by atoms with Crippen molar-refractivity contribution in [2.24, 2.45) is 0 Å². The first kappa shape index (κ1) is 19.2. The number of benzene rings is 1. The minimum absolute atomic E-state index is 0.121. The maximum Gasteiger partial charge on any atom is 0.243 e. The number of likely N-dealkylation sites (tertiary alicyclic amines) is 1. The lowest BCUT2D eigenvalue weighted by atomic mass is 10.2. The summed E-state index contributed by atoms with van der Waals surface area (Å²) in [5, 5.41) is 3.31. The Hall–Kier alpha value is -1.15. The SMILES string of the molecule is CCN1CCC[C@@H]1CNC(=O)CN(C)S(=O)(=O)c1ccc(Cl)cc1. The highest BCUT2D eigenvalue weighted by Crippen LogP contribution is 2.18. The Kier molecular flexibility index (Phi) is 6.62. The number of halogens is 1. The van der Waals surface area contributed by atoms with E-state index in [0.29, 0.717) is 17.6 Å². The van der Waals surface area contributed by atoms with Crippen LogP contribution >= 0.6 is 11.6 Å². The minimum atomic E-state index is -3.70. The lowest BCUT2D eigenvalue weighted by Crippen LogP contribution is -2.44. The van der Waals surface area contributed by atoms with Crippen LogP contribution in [0.25, 0.3) is 0 Å². The van der Waals surface area contributed by atoms with Gasteiger partial charge in [-0.25, -0.2) is 8.42 Å². The molecule has 1 aliphatic rings. The highest BCUT2D eigenvalue weighted by molar-refractivity contribution is 7.89. The van der Waals surface area contributed by atoms with Crippen molar-refractivity contribution < 1.29 is 13.2 Å². The van der Waals surface area contributed by atoms with Crippen molar-refractivity contribution in [1.82, 2.24) is 14.5 Å². The summed E-state index contributed by atoms with van der Waals surface area (Å²) >= 11 is 5.78. The lowest BCUT2D eigenvalue weighted by molar-refractivity contribution is -0.121. The molecule has 1 saturated heterocycles. The highest BCUT2D eigenvalue weighted by Gasteiger charge is 2.25. The van der Waals surface area contributed by atoms with E-state index in [0.717, 1.165) is 30.2 Å². The predicted octanol–water partition coefficient (Wildman–Crippen LogP) is 1.56. The maximum absolute atomic E-state index is 12.4. The first-order valence-corrected chi connectivity index (χ1v) is 9.89. The van der Waals surface area contributed by atoms with Crippen LogP contribution in [0.5, 0.6) is 0 Å². The summed E-state index contributed by atoms with van der Waals surface area (Å²) in [5.74, 6) is -0.294. The Morgan fingerprint density at radius 1 is 1.38 bits per heavy atom. The van der Waals surface area contributed by atoms with Crippen molar-refractivity contribution in [3.63, 3.8) is 0 Å². The lowest BCUT2D eigenvalue weighted by Gasteiger charge is -2.23. The van der Waals surface area contributed by atoms with E-state index in [1.54, 1.807) is 0 Å². The molecule has 134 valence electrons. The molecule has 0 bridgehead atoms. The number of hydrogen-bond donors (Lipinski definition) is 1. The van der Waals surface area contributed by atoms with Gasteiger partial charge in [-0.3, -0.25) is 9.69 Å². The average Bonchev–Trinajstić information content (AvgIpc) is 3.00. The van der Waals surface area contributed by atoms with Crippen LogP contribution in [0.1, 0.15) is 19.8 Å².